The summed E-state index contributed by atoms with van der Waals surface area (Å²) in [5.74, 6) is 0.0731. The quantitative estimate of drug-likeness (QED) is 0.509. The SMILES string of the molecule is C[C@@H]1C(=O)NC2CCC(=O)N21. The molecule has 2 fully saturated rings. The fourth-order valence-corrected chi connectivity index (χ4v) is 1.74. The molecule has 1 unspecified atom stereocenters. The lowest BCUT2D eigenvalue weighted by molar-refractivity contribution is -0.132. The molecule has 0 radical (unpaired) electrons. The number of amides is 2. The van der Waals surface area contributed by atoms with Crippen molar-refractivity contribution in [1.29, 1.82) is 0 Å². The van der Waals surface area contributed by atoms with Gasteiger partial charge in [-0.1, -0.05) is 0 Å². The number of hydrogen-bond acceptors (Lipinski definition) is 2. The Hall–Kier alpha value is -1.06. The first-order valence-electron chi connectivity index (χ1n) is 3.81. The molecular weight excluding hydrogens is 144 g/mol. The Morgan fingerprint density at radius 2 is 2.27 bits per heavy atom. The predicted molar refractivity (Wildman–Crippen MR) is 37.5 cm³/mol. The highest BCUT2D eigenvalue weighted by molar-refractivity contribution is 5.92. The number of fused-ring (bicyclic) bond motifs is 1. The van der Waals surface area contributed by atoms with E-state index in [1.54, 1.807) is 11.8 Å². The standard InChI is InChI=1S/C7H10N2O2/c1-4-7(11)8-5-2-3-6(10)9(4)5/h4-5H,2-3H2,1H3,(H,8,11)/t4-,5?/m1/s1. The van der Waals surface area contributed by atoms with Gasteiger partial charge in [0.25, 0.3) is 0 Å². The summed E-state index contributed by atoms with van der Waals surface area (Å²) in [6, 6.07) is -0.255. The van der Waals surface area contributed by atoms with Crippen molar-refractivity contribution in [2.45, 2.75) is 32.0 Å². The van der Waals surface area contributed by atoms with E-state index in [1.165, 1.54) is 0 Å². The molecule has 2 aliphatic rings. The number of rotatable bonds is 0. The van der Waals surface area contributed by atoms with Crippen LogP contribution >= 0.6 is 0 Å². The van der Waals surface area contributed by atoms with Crippen LogP contribution in [0.5, 0.6) is 0 Å². The van der Waals surface area contributed by atoms with Crippen LogP contribution in [0.1, 0.15) is 19.8 Å². The van der Waals surface area contributed by atoms with Crippen molar-refractivity contribution in [3.8, 4) is 0 Å². The Kier molecular flexibility index (Phi) is 1.19. The molecular formula is C7H10N2O2. The Morgan fingerprint density at radius 1 is 1.55 bits per heavy atom. The van der Waals surface area contributed by atoms with Gasteiger partial charge in [0.15, 0.2) is 0 Å². The molecule has 4 heteroatoms. The summed E-state index contributed by atoms with van der Waals surface area (Å²) >= 11 is 0. The molecule has 0 spiro atoms. The van der Waals surface area contributed by atoms with Gasteiger partial charge in [0.1, 0.15) is 12.2 Å². The number of hydrogen-bond donors (Lipinski definition) is 1. The molecule has 4 nitrogen and oxygen atoms in total. The van der Waals surface area contributed by atoms with Gasteiger partial charge in [-0.2, -0.15) is 0 Å². The zero-order valence-corrected chi connectivity index (χ0v) is 6.33. The van der Waals surface area contributed by atoms with Gasteiger partial charge in [0, 0.05) is 6.42 Å². The van der Waals surface area contributed by atoms with Crippen molar-refractivity contribution in [3.63, 3.8) is 0 Å². The maximum atomic E-state index is 11.1. The van der Waals surface area contributed by atoms with Crippen molar-refractivity contribution in [3.05, 3.63) is 0 Å². The number of nitrogens with zero attached hydrogens (tertiary/aromatic N) is 1. The fourth-order valence-electron chi connectivity index (χ4n) is 1.74. The lowest BCUT2D eigenvalue weighted by atomic mass is 10.3. The highest BCUT2D eigenvalue weighted by Gasteiger charge is 2.43. The summed E-state index contributed by atoms with van der Waals surface area (Å²) in [6.07, 6.45) is 1.34. The second-order valence-electron chi connectivity index (χ2n) is 3.04. The Morgan fingerprint density at radius 3 is 2.91 bits per heavy atom. The van der Waals surface area contributed by atoms with Crippen molar-refractivity contribution in [2.24, 2.45) is 0 Å². The van der Waals surface area contributed by atoms with Gasteiger partial charge in [-0.05, 0) is 13.3 Å². The number of carbonyl (C=O) groups is 2. The molecule has 2 amide bonds. The van der Waals surface area contributed by atoms with Crippen LogP contribution in [0.4, 0.5) is 0 Å². The van der Waals surface area contributed by atoms with Crippen LogP contribution in [0.2, 0.25) is 0 Å². The van der Waals surface area contributed by atoms with E-state index in [9.17, 15) is 9.59 Å². The van der Waals surface area contributed by atoms with Gasteiger partial charge >= 0.3 is 0 Å². The molecule has 60 valence electrons. The van der Waals surface area contributed by atoms with Crippen LogP contribution in [0.25, 0.3) is 0 Å². The van der Waals surface area contributed by atoms with Crippen molar-refractivity contribution < 1.29 is 9.59 Å². The zero-order chi connectivity index (χ0) is 8.01. The first-order valence-corrected chi connectivity index (χ1v) is 3.81. The molecule has 0 aliphatic carbocycles. The van der Waals surface area contributed by atoms with Gasteiger partial charge in [-0.3, -0.25) is 9.59 Å². The highest BCUT2D eigenvalue weighted by atomic mass is 16.2. The minimum Gasteiger partial charge on any atom is -0.334 e. The van der Waals surface area contributed by atoms with E-state index in [2.05, 4.69) is 5.32 Å². The summed E-state index contributed by atoms with van der Waals surface area (Å²) < 4.78 is 0. The minimum atomic E-state index is -0.255. The summed E-state index contributed by atoms with van der Waals surface area (Å²) in [5, 5.41) is 2.76. The molecule has 11 heavy (non-hydrogen) atoms. The number of carbonyl (C=O) groups excluding carboxylic acids is 2. The van der Waals surface area contributed by atoms with E-state index in [0.717, 1.165) is 6.42 Å². The van der Waals surface area contributed by atoms with Crippen molar-refractivity contribution >= 4 is 11.8 Å². The summed E-state index contributed by atoms with van der Waals surface area (Å²) in [6.45, 7) is 1.76. The van der Waals surface area contributed by atoms with Gasteiger partial charge in [-0.25, -0.2) is 0 Å². The van der Waals surface area contributed by atoms with Crippen LogP contribution in [-0.2, 0) is 9.59 Å². The molecule has 0 aromatic rings. The maximum Gasteiger partial charge on any atom is 0.244 e. The van der Waals surface area contributed by atoms with Crippen molar-refractivity contribution in [2.75, 3.05) is 0 Å². The predicted octanol–water partition coefficient (Wildman–Crippen LogP) is -0.547. The third kappa shape index (κ3) is 0.751. The van der Waals surface area contributed by atoms with E-state index in [1.807, 2.05) is 0 Å². The topological polar surface area (TPSA) is 49.4 Å². The normalized spacial score (nSPS) is 35.9. The average Bonchev–Trinajstić information content (AvgIpc) is 2.41. The molecule has 2 rings (SSSR count). The minimum absolute atomic E-state index is 0.00926. The molecule has 1 N–H and O–H groups in total. The molecule has 2 aliphatic heterocycles. The van der Waals surface area contributed by atoms with E-state index in [0.29, 0.717) is 6.42 Å². The van der Waals surface area contributed by atoms with E-state index < -0.39 is 0 Å². The second-order valence-corrected chi connectivity index (χ2v) is 3.04. The van der Waals surface area contributed by atoms with Crippen LogP contribution in [0, 0.1) is 0 Å². The van der Waals surface area contributed by atoms with E-state index >= 15 is 0 Å². The van der Waals surface area contributed by atoms with Crippen LogP contribution in [0.15, 0.2) is 0 Å². The van der Waals surface area contributed by atoms with Gasteiger partial charge in [0.05, 0.1) is 0 Å². The lowest BCUT2D eigenvalue weighted by Gasteiger charge is -2.16. The van der Waals surface area contributed by atoms with Crippen LogP contribution in [-0.4, -0.2) is 28.9 Å². The average molecular weight is 154 g/mol. The summed E-state index contributed by atoms with van der Waals surface area (Å²) in [4.78, 5) is 23.8. The van der Waals surface area contributed by atoms with Gasteiger partial charge in [-0.15, -0.1) is 0 Å². The molecule has 2 saturated heterocycles. The van der Waals surface area contributed by atoms with Gasteiger partial charge in [0.2, 0.25) is 11.8 Å². The van der Waals surface area contributed by atoms with E-state index in [4.69, 9.17) is 0 Å². The molecule has 0 bridgehead atoms. The molecule has 0 saturated carbocycles. The monoisotopic (exact) mass is 154 g/mol. The van der Waals surface area contributed by atoms with Crippen molar-refractivity contribution in [1.82, 2.24) is 10.2 Å². The van der Waals surface area contributed by atoms with E-state index in [-0.39, 0.29) is 24.0 Å². The first-order chi connectivity index (χ1) is 5.20. The van der Waals surface area contributed by atoms with Crippen LogP contribution in [0.3, 0.4) is 0 Å². The lowest BCUT2D eigenvalue weighted by Crippen LogP contribution is -2.35. The Labute approximate surface area is 64.5 Å². The van der Waals surface area contributed by atoms with Gasteiger partial charge < -0.3 is 10.2 Å². The molecule has 2 heterocycles. The highest BCUT2D eigenvalue weighted by Crippen LogP contribution is 2.24. The molecule has 0 aromatic carbocycles. The number of nitrogens with one attached hydrogen (secondary N) is 1. The first kappa shape index (κ1) is 6.64. The smallest absolute Gasteiger partial charge is 0.244 e. The Bertz CT molecular complexity index is 226. The third-order valence-corrected chi connectivity index (χ3v) is 2.36. The summed E-state index contributed by atoms with van der Waals surface area (Å²) in [7, 11) is 0. The Balaban J connectivity index is 2.26. The zero-order valence-electron chi connectivity index (χ0n) is 6.33. The van der Waals surface area contributed by atoms with Crippen LogP contribution < -0.4 is 5.32 Å². The molecule has 2 atom stereocenters. The third-order valence-electron chi connectivity index (χ3n) is 2.36. The summed E-state index contributed by atoms with van der Waals surface area (Å²) in [5.41, 5.74) is 0. The fraction of sp³-hybridized carbons (Fsp3) is 0.714. The second kappa shape index (κ2) is 1.96. The maximum absolute atomic E-state index is 11.1. The molecule has 0 aromatic heterocycles. The largest absolute Gasteiger partial charge is 0.334 e.